The van der Waals surface area contributed by atoms with E-state index in [1.54, 1.807) is 19.3 Å². The van der Waals surface area contributed by atoms with Crippen LogP contribution in [0.25, 0.3) is 38.8 Å². The van der Waals surface area contributed by atoms with Crippen molar-refractivity contribution in [2.45, 2.75) is 12.8 Å². The van der Waals surface area contributed by atoms with E-state index in [1.807, 2.05) is 0 Å². The number of nitrogens with one attached hydrogen (secondary N) is 1. The number of aromatic amines is 1. The number of aryl methyl sites for hydroxylation is 1. The molecule has 5 rings (SSSR count). The molecule has 0 bridgehead atoms. The first-order valence-electron chi connectivity index (χ1n) is 10.3. The molecule has 0 atom stereocenters. The SMILES string of the molecule is Cn1cc2cc(-n3nc4c(C(F)(F)F)cc(=O)[nH]c4c(-c4ccc(OC(F)F)cc4)c3=O)ccc2n1. The minimum Gasteiger partial charge on any atom is -0.435 e. The molecular formula is C23H14F5N5O3. The van der Waals surface area contributed by atoms with E-state index in [9.17, 15) is 31.5 Å². The third-order valence-corrected chi connectivity index (χ3v) is 5.39. The predicted octanol–water partition coefficient (Wildman–Crippen LogP) is 4.25. The van der Waals surface area contributed by atoms with Gasteiger partial charge in [-0.2, -0.15) is 36.8 Å². The molecule has 3 aromatic heterocycles. The zero-order chi connectivity index (χ0) is 25.8. The molecule has 184 valence electrons. The molecule has 1 N–H and O–H groups in total. The van der Waals surface area contributed by atoms with Gasteiger partial charge >= 0.3 is 12.8 Å². The Labute approximate surface area is 197 Å². The van der Waals surface area contributed by atoms with Crippen LogP contribution in [0.2, 0.25) is 0 Å². The topological polar surface area (TPSA) is 94.8 Å². The Bertz CT molecular complexity index is 1740. The molecule has 0 spiro atoms. The van der Waals surface area contributed by atoms with Crippen LogP contribution < -0.4 is 15.9 Å². The highest BCUT2D eigenvalue weighted by molar-refractivity contribution is 5.92. The van der Waals surface area contributed by atoms with Gasteiger partial charge in [0.05, 0.1) is 27.8 Å². The maximum absolute atomic E-state index is 13.9. The highest BCUT2D eigenvalue weighted by atomic mass is 19.4. The van der Waals surface area contributed by atoms with Crippen molar-refractivity contribution in [3.05, 3.63) is 81.0 Å². The van der Waals surface area contributed by atoms with E-state index >= 15 is 0 Å². The van der Waals surface area contributed by atoms with Crippen LogP contribution in [0.4, 0.5) is 22.0 Å². The fourth-order valence-electron chi connectivity index (χ4n) is 3.93. The van der Waals surface area contributed by atoms with E-state index in [-0.39, 0.29) is 22.6 Å². The molecule has 0 radical (unpaired) electrons. The first kappa shape index (κ1) is 23.2. The fourth-order valence-corrected chi connectivity index (χ4v) is 3.93. The Balaban J connectivity index is 1.85. The van der Waals surface area contributed by atoms with Crippen molar-refractivity contribution in [2.75, 3.05) is 0 Å². The third-order valence-electron chi connectivity index (χ3n) is 5.39. The van der Waals surface area contributed by atoms with Gasteiger partial charge in [-0.15, -0.1) is 0 Å². The molecule has 0 aliphatic heterocycles. The number of aromatic nitrogens is 5. The molecule has 13 heteroatoms. The van der Waals surface area contributed by atoms with Gasteiger partial charge in [0.1, 0.15) is 11.3 Å². The number of halogens is 5. The molecule has 5 aromatic rings. The van der Waals surface area contributed by atoms with Gasteiger partial charge in [0.2, 0.25) is 5.56 Å². The van der Waals surface area contributed by atoms with Gasteiger partial charge < -0.3 is 9.72 Å². The lowest BCUT2D eigenvalue weighted by Gasteiger charge is -2.15. The van der Waals surface area contributed by atoms with E-state index in [4.69, 9.17) is 0 Å². The molecular weight excluding hydrogens is 489 g/mol. The number of fused-ring (bicyclic) bond motifs is 2. The molecule has 0 amide bonds. The van der Waals surface area contributed by atoms with Crippen LogP contribution in [0.3, 0.4) is 0 Å². The summed E-state index contributed by atoms with van der Waals surface area (Å²) in [6.07, 6.45) is -3.30. The normalized spacial score (nSPS) is 12.1. The summed E-state index contributed by atoms with van der Waals surface area (Å²) in [6, 6.07) is 9.65. The number of pyridine rings is 1. The second-order valence-corrected chi connectivity index (χ2v) is 7.81. The van der Waals surface area contributed by atoms with Crippen LogP contribution in [-0.2, 0) is 13.2 Å². The van der Waals surface area contributed by atoms with Gasteiger partial charge in [-0.1, -0.05) is 12.1 Å². The molecule has 0 aliphatic carbocycles. The number of rotatable bonds is 4. The second kappa shape index (κ2) is 8.29. The van der Waals surface area contributed by atoms with Gasteiger partial charge in [0.25, 0.3) is 5.56 Å². The average Bonchev–Trinajstić information content (AvgIpc) is 3.17. The van der Waals surface area contributed by atoms with Crippen molar-refractivity contribution >= 4 is 21.9 Å². The van der Waals surface area contributed by atoms with Gasteiger partial charge in [0, 0.05) is 24.7 Å². The number of hydrogen-bond acceptors (Lipinski definition) is 5. The van der Waals surface area contributed by atoms with Crippen molar-refractivity contribution in [3.8, 4) is 22.6 Å². The molecule has 36 heavy (non-hydrogen) atoms. The largest absolute Gasteiger partial charge is 0.435 e. The molecule has 2 aromatic carbocycles. The van der Waals surface area contributed by atoms with Crippen molar-refractivity contribution in [2.24, 2.45) is 7.05 Å². The minimum absolute atomic E-state index is 0.0557. The van der Waals surface area contributed by atoms with Crippen LogP contribution in [0.15, 0.2) is 64.3 Å². The number of benzene rings is 2. The number of hydrogen-bond donors (Lipinski definition) is 1. The van der Waals surface area contributed by atoms with E-state index in [1.165, 1.54) is 28.9 Å². The Morgan fingerprint density at radius 3 is 2.39 bits per heavy atom. The van der Waals surface area contributed by atoms with E-state index < -0.39 is 40.5 Å². The summed E-state index contributed by atoms with van der Waals surface area (Å²) in [5, 5.41) is 8.81. The van der Waals surface area contributed by atoms with Gasteiger partial charge in [-0.05, 0) is 35.9 Å². The van der Waals surface area contributed by atoms with E-state index in [0.29, 0.717) is 17.0 Å². The summed E-state index contributed by atoms with van der Waals surface area (Å²) in [5.74, 6) is -0.223. The van der Waals surface area contributed by atoms with Gasteiger partial charge in [-0.25, -0.2) is 0 Å². The number of H-pyrrole nitrogens is 1. The Kier molecular flexibility index (Phi) is 5.34. The maximum atomic E-state index is 13.9. The molecule has 0 aliphatic rings. The summed E-state index contributed by atoms with van der Waals surface area (Å²) in [6.45, 7) is -3.09. The van der Waals surface area contributed by atoms with Gasteiger partial charge in [0.15, 0.2) is 0 Å². The number of alkyl halides is 5. The highest BCUT2D eigenvalue weighted by Crippen LogP contribution is 2.35. The Morgan fingerprint density at radius 1 is 1.00 bits per heavy atom. The highest BCUT2D eigenvalue weighted by Gasteiger charge is 2.35. The lowest BCUT2D eigenvalue weighted by atomic mass is 10.0. The first-order valence-corrected chi connectivity index (χ1v) is 10.3. The molecule has 0 fully saturated rings. The first-order chi connectivity index (χ1) is 17.0. The van der Waals surface area contributed by atoms with Crippen molar-refractivity contribution < 1.29 is 26.7 Å². The number of ether oxygens (including phenoxy) is 1. The summed E-state index contributed by atoms with van der Waals surface area (Å²) in [7, 11) is 1.69. The van der Waals surface area contributed by atoms with Crippen molar-refractivity contribution in [1.82, 2.24) is 24.5 Å². The number of nitrogens with zero attached hydrogens (tertiary/aromatic N) is 4. The van der Waals surface area contributed by atoms with Crippen LogP contribution in [-0.4, -0.2) is 31.2 Å². The zero-order valence-corrected chi connectivity index (χ0v) is 18.2. The van der Waals surface area contributed by atoms with Crippen molar-refractivity contribution in [3.63, 3.8) is 0 Å². The lowest BCUT2D eigenvalue weighted by Crippen LogP contribution is -2.26. The summed E-state index contributed by atoms with van der Waals surface area (Å²) in [4.78, 5) is 28.0. The standard InChI is InChI=1S/C23H14F5N5O3/c1-32-10-12-8-13(4-7-16(12)30-32)33-21(35)18(11-2-5-14(6-3-11)36-22(24)25)20-19(31-33)15(23(26,27)28)9-17(34)29-20/h2-10,22H,1H3,(H,29,34). The van der Waals surface area contributed by atoms with E-state index in [0.717, 1.165) is 16.8 Å². The van der Waals surface area contributed by atoms with Crippen LogP contribution in [0.5, 0.6) is 5.75 Å². The van der Waals surface area contributed by atoms with Crippen LogP contribution in [0, 0.1) is 0 Å². The van der Waals surface area contributed by atoms with Gasteiger partial charge in [-0.3, -0.25) is 14.3 Å². The molecule has 0 unspecified atom stereocenters. The molecule has 8 nitrogen and oxygen atoms in total. The predicted molar refractivity (Wildman–Crippen MR) is 119 cm³/mol. The quantitative estimate of drug-likeness (QED) is 0.370. The minimum atomic E-state index is -4.96. The van der Waals surface area contributed by atoms with Crippen LogP contribution >= 0.6 is 0 Å². The third kappa shape index (κ3) is 4.08. The Hall–Kier alpha value is -4.55. The smallest absolute Gasteiger partial charge is 0.418 e. The van der Waals surface area contributed by atoms with Crippen molar-refractivity contribution in [1.29, 1.82) is 0 Å². The molecule has 3 heterocycles. The molecule has 0 saturated heterocycles. The maximum Gasteiger partial charge on any atom is 0.418 e. The summed E-state index contributed by atoms with van der Waals surface area (Å²) in [5.41, 5.74) is -3.90. The fraction of sp³-hybridized carbons (Fsp3) is 0.130. The second-order valence-electron chi connectivity index (χ2n) is 7.81. The molecule has 0 saturated carbocycles. The Morgan fingerprint density at radius 2 is 1.72 bits per heavy atom. The summed E-state index contributed by atoms with van der Waals surface area (Å²) < 4.78 is 73.3. The zero-order valence-electron chi connectivity index (χ0n) is 18.2. The lowest BCUT2D eigenvalue weighted by molar-refractivity contribution is -0.136. The average molecular weight is 503 g/mol. The summed E-state index contributed by atoms with van der Waals surface area (Å²) >= 11 is 0. The van der Waals surface area contributed by atoms with Crippen LogP contribution in [0.1, 0.15) is 5.56 Å². The van der Waals surface area contributed by atoms with E-state index in [2.05, 4.69) is 19.9 Å². The monoisotopic (exact) mass is 503 g/mol.